The van der Waals surface area contributed by atoms with E-state index in [1.165, 1.54) is 22.2 Å². The van der Waals surface area contributed by atoms with Gasteiger partial charge in [0, 0.05) is 49.3 Å². The highest BCUT2D eigenvalue weighted by Gasteiger charge is 2.22. The van der Waals surface area contributed by atoms with Crippen molar-refractivity contribution in [1.29, 1.82) is 0 Å². The lowest BCUT2D eigenvalue weighted by Gasteiger charge is -2.25. The van der Waals surface area contributed by atoms with E-state index in [1.54, 1.807) is 7.11 Å². The number of rotatable bonds is 7. The summed E-state index contributed by atoms with van der Waals surface area (Å²) in [6.45, 7) is 7.04. The van der Waals surface area contributed by atoms with Gasteiger partial charge in [0.1, 0.15) is 12.4 Å². The average molecular weight is 537 g/mol. The van der Waals surface area contributed by atoms with E-state index in [1.807, 2.05) is 4.68 Å². The molecule has 0 amide bonds. The molecule has 0 saturated heterocycles. The number of hydrogen-bond acceptors (Lipinski definition) is 4. The van der Waals surface area contributed by atoms with Crippen LogP contribution >= 0.6 is 24.0 Å². The van der Waals surface area contributed by atoms with E-state index in [0.717, 1.165) is 56.5 Å². The lowest BCUT2D eigenvalue weighted by Crippen LogP contribution is -2.47. The maximum Gasteiger partial charge on any atom is 0.191 e. The molecule has 0 saturated carbocycles. The monoisotopic (exact) mass is 537 g/mol. The van der Waals surface area contributed by atoms with Gasteiger partial charge in [-0.05, 0) is 38.3 Å². The first-order chi connectivity index (χ1) is 14.7. The fourth-order valence-electron chi connectivity index (χ4n) is 4.12. The zero-order valence-electron chi connectivity index (χ0n) is 18.4. The van der Waals surface area contributed by atoms with Crippen LogP contribution in [-0.2, 0) is 30.7 Å². The van der Waals surface area contributed by atoms with E-state index in [0.29, 0.717) is 6.61 Å². The quantitative estimate of drug-likeness (QED) is 0.245. The third-order valence-corrected chi connectivity index (χ3v) is 5.52. The second kappa shape index (κ2) is 10.9. The molecule has 4 rings (SSSR count). The number of nitrogens with zero attached hydrogens (tertiary/aromatic N) is 4. The lowest BCUT2D eigenvalue weighted by atomic mass is 10.1. The molecule has 0 radical (unpaired) electrons. The number of para-hydroxylation sites is 1. The van der Waals surface area contributed by atoms with Gasteiger partial charge in [-0.2, -0.15) is 5.10 Å². The Bertz CT molecular complexity index is 1030. The van der Waals surface area contributed by atoms with Crippen molar-refractivity contribution in [1.82, 2.24) is 30.4 Å². The number of H-pyrrole nitrogens is 1. The average Bonchev–Trinajstić information content (AvgIpc) is 3.28. The Morgan fingerprint density at radius 1 is 1.35 bits per heavy atom. The molecule has 9 heteroatoms. The molecule has 1 unspecified atom stereocenters. The van der Waals surface area contributed by atoms with E-state index in [2.05, 4.69) is 63.8 Å². The minimum atomic E-state index is 0. The first kappa shape index (κ1) is 23.5. The Balaban J connectivity index is 0.00000272. The number of hydrogen-bond donors (Lipinski definition) is 3. The molecule has 1 atom stereocenters. The van der Waals surface area contributed by atoms with Crippen molar-refractivity contribution >= 4 is 40.8 Å². The molecule has 1 aromatic carbocycles. The molecule has 1 aliphatic heterocycles. The Kier molecular flexibility index (Phi) is 8.30. The third kappa shape index (κ3) is 5.57. The van der Waals surface area contributed by atoms with E-state index in [4.69, 9.17) is 9.73 Å². The minimum Gasteiger partial charge on any atom is -0.377 e. The van der Waals surface area contributed by atoms with Gasteiger partial charge in [-0.3, -0.25) is 4.99 Å². The highest BCUT2D eigenvalue weighted by molar-refractivity contribution is 14.0. The number of aromatic nitrogens is 4. The fraction of sp³-hybridized carbons (Fsp3) is 0.500. The van der Waals surface area contributed by atoms with Crippen molar-refractivity contribution in [3.05, 3.63) is 47.2 Å². The van der Waals surface area contributed by atoms with Gasteiger partial charge in [-0.25, -0.2) is 9.67 Å². The van der Waals surface area contributed by atoms with Gasteiger partial charge in [0.15, 0.2) is 11.8 Å². The molecular weight excluding hydrogens is 505 g/mol. The van der Waals surface area contributed by atoms with Gasteiger partial charge in [0.2, 0.25) is 0 Å². The summed E-state index contributed by atoms with van der Waals surface area (Å²) in [6, 6.07) is 8.74. The minimum absolute atomic E-state index is 0. The zero-order chi connectivity index (χ0) is 20.9. The first-order valence-corrected chi connectivity index (χ1v) is 10.7. The zero-order valence-corrected chi connectivity index (χ0v) is 20.8. The van der Waals surface area contributed by atoms with Crippen molar-refractivity contribution in [2.45, 2.75) is 52.3 Å². The normalized spacial score (nSPS) is 16.1. The van der Waals surface area contributed by atoms with Crippen LogP contribution in [0.3, 0.4) is 0 Å². The molecule has 1 aliphatic rings. The number of benzene rings is 1. The lowest BCUT2D eigenvalue weighted by molar-refractivity contribution is 0.177. The van der Waals surface area contributed by atoms with Crippen LogP contribution in [0.15, 0.2) is 29.3 Å². The van der Waals surface area contributed by atoms with E-state index < -0.39 is 0 Å². The Labute approximate surface area is 200 Å². The van der Waals surface area contributed by atoms with Crippen LogP contribution in [0, 0.1) is 6.92 Å². The number of ether oxygens (including phenoxy) is 1. The predicted molar refractivity (Wildman–Crippen MR) is 134 cm³/mol. The van der Waals surface area contributed by atoms with Crippen LogP contribution in [0.1, 0.15) is 36.3 Å². The summed E-state index contributed by atoms with van der Waals surface area (Å²) in [7, 11) is 1.67. The number of methoxy groups -OCH3 is 1. The van der Waals surface area contributed by atoms with E-state index in [9.17, 15) is 0 Å². The maximum atomic E-state index is 5.15. The van der Waals surface area contributed by atoms with Crippen molar-refractivity contribution < 1.29 is 4.74 Å². The second-order valence-corrected chi connectivity index (χ2v) is 7.72. The summed E-state index contributed by atoms with van der Waals surface area (Å²) in [6.07, 6.45) is 2.82. The Morgan fingerprint density at radius 2 is 2.19 bits per heavy atom. The van der Waals surface area contributed by atoms with Crippen molar-refractivity contribution in [3.63, 3.8) is 0 Å². The standard InChI is InChI=1S/C22H31N7O.HI/c1-4-23-22(24-12-11-17-15(2)25-19-8-6-5-7-18(17)19)26-16-9-10-21-27-20(14-30-3)28-29(21)13-16;/h5-8,16,25H,4,9-14H2,1-3H3,(H2,23,24,26);1H. The second-order valence-electron chi connectivity index (χ2n) is 7.72. The van der Waals surface area contributed by atoms with Crippen LogP contribution in [-0.4, -0.2) is 51.9 Å². The predicted octanol–water partition coefficient (Wildman–Crippen LogP) is 2.94. The number of halogens is 1. The van der Waals surface area contributed by atoms with Gasteiger partial charge in [-0.15, -0.1) is 24.0 Å². The van der Waals surface area contributed by atoms with Crippen LogP contribution < -0.4 is 10.6 Å². The third-order valence-electron chi connectivity index (χ3n) is 5.52. The van der Waals surface area contributed by atoms with Gasteiger partial charge < -0.3 is 20.4 Å². The molecule has 2 aromatic heterocycles. The summed E-state index contributed by atoms with van der Waals surface area (Å²) in [4.78, 5) is 12.9. The topological polar surface area (TPSA) is 92.2 Å². The van der Waals surface area contributed by atoms with Crippen LogP contribution in [0.25, 0.3) is 10.9 Å². The number of fused-ring (bicyclic) bond motifs is 2. The molecule has 0 aliphatic carbocycles. The van der Waals surface area contributed by atoms with Gasteiger partial charge in [0.25, 0.3) is 0 Å². The summed E-state index contributed by atoms with van der Waals surface area (Å²) in [5, 5.41) is 12.8. The van der Waals surface area contributed by atoms with Gasteiger partial charge >= 0.3 is 0 Å². The van der Waals surface area contributed by atoms with Crippen molar-refractivity contribution in [2.75, 3.05) is 20.2 Å². The molecule has 0 bridgehead atoms. The molecule has 3 N–H and O–H groups in total. The van der Waals surface area contributed by atoms with Crippen LogP contribution in [0.4, 0.5) is 0 Å². The molecule has 0 fully saturated rings. The number of nitrogens with one attached hydrogen (secondary N) is 3. The van der Waals surface area contributed by atoms with Crippen LogP contribution in [0.2, 0.25) is 0 Å². The Hall–Kier alpha value is -2.14. The van der Waals surface area contributed by atoms with Gasteiger partial charge in [-0.1, -0.05) is 18.2 Å². The molecular formula is C22H32IN7O. The molecule has 3 heterocycles. The molecule has 168 valence electrons. The molecule has 3 aromatic rings. The van der Waals surface area contributed by atoms with Crippen molar-refractivity contribution in [3.8, 4) is 0 Å². The molecule has 8 nitrogen and oxygen atoms in total. The summed E-state index contributed by atoms with van der Waals surface area (Å²) < 4.78 is 7.15. The Morgan fingerprint density at radius 3 is 3.00 bits per heavy atom. The highest BCUT2D eigenvalue weighted by Crippen LogP contribution is 2.22. The summed E-state index contributed by atoms with van der Waals surface area (Å²) in [5.74, 6) is 2.65. The fourth-order valence-corrected chi connectivity index (χ4v) is 4.12. The largest absolute Gasteiger partial charge is 0.377 e. The maximum absolute atomic E-state index is 5.15. The highest BCUT2D eigenvalue weighted by atomic mass is 127. The molecule has 0 spiro atoms. The summed E-state index contributed by atoms with van der Waals surface area (Å²) >= 11 is 0. The van der Waals surface area contributed by atoms with E-state index >= 15 is 0 Å². The number of aromatic amines is 1. The molecule has 31 heavy (non-hydrogen) atoms. The SMILES string of the molecule is CCNC(=NCCc1c(C)[nH]c2ccccc12)NC1CCc2nc(COC)nn2C1.I. The number of aryl methyl sites for hydroxylation is 2. The number of aliphatic imine (C=N–C) groups is 1. The first-order valence-electron chi connectivity index (χ1n) is 10.7. The van der Waals surface area contributed by atoms with Crippen molar-refractivity contribution in [2.24, 2.45) is 4.99 Å². The number of guanidine groups is 1. The van der Waals surface area contributed by atoms with Crippen LogP contribution in [0.5, 0.6) is 0 Å². The summed E-state index contributed by atoms with van der Waals surface area (Å²) in [5.41, 5.74) is 3.76. The smallest absolute Gasteiger partial charge is 0.191 e. The van der Waals surface area contributed by atoms with E-state index in [-0.39, 0.29) is 30.0 Å². The van der Waals surface area contributed by atoms with Gasteiger partial charge in [0.05, 0.1) is 6.54 Å².